The zero-order valence-corrected chi connectivity index (χ0v) is 20.5. The van der Waals surface area contributed by atoms with Crippen LogP contribution in [0.25, 0.3) is 10.8 Å². The summed E-state index contributed by atoms with van der Waals surface area (Å²) in [7, 11) is -2.62. The Labute approximate surface area is 197 Å². The minimum Gasteiger partial charge on any atom is -0.400 e. The van der Waals surface area contributed by atoms with E-state index in [0.29, 0.717) is 0 Å². The Hall–Kier alpha value is -3.01. The maximum Gasteiger partial charge on any atom is 0.261 e. The summed E-state index contributed by atoms with van der Waals surface area (Å²) < 4.78 is 7.44. The number of carbonyl (C=O) groups is 1. The van der Waals surface area contributed by atoms with Gasteiger partial charge in [-0.2, -0.15) is 0 Å². The molecule has 0 aliphatic heterocycles. The summed E-state index contributed by atoms with van der Waals surface area (Å²) in [6.07, 6.45) is 2.90. The zero-order valence-electron chi connectivity index (χ0n) is 19.5. The van der Waals surface area contributed by atoms with Crippen LogP contribution in [0.4, 0.5) is 0 Å². The predicted octanol–water partition coefficient (Wildman–Crippen LogP) is 6.22. The molecule has 2 nitrogen and oxygen atoms in total. The number of rotatable bonds is 5. The number of aldehydes is 1. The summed E-state index contributed by atoms with van der Waals surface area (Å²) in [5.41, 5.74) is 3.34. The van der Waals surface area contributed by atoms with Gasteiger partial charge in [-0.25, -0.2) is 0 Å². The molecule has 3 heteroatoms. The Morgan fingerprint density at radius 3 is 2.03 bits per heavy atom. The van der Waals surface area contributed by atoms with Crippen LogP contribution in [-0.4, -0.2) is 14.6 Å². The lowest BCUT2D eigenvalue weighted by Gasteiger charge is -2.44. The van der Waals surface area contributed by atoms with E-state index >= 15 is 0 Å². The smallest absolute Gasteiger partial charge is 0.261 e. The van der Waals surface area contributed by atoms with E-state index in [0.717, 1.165) is 24.7 Å². The Balaban J connectivity index is 1.67. The van der Waals surface area contributed by atoms with Crippen molar-refractivity contribution in [2.24, 2.45) is 0 Å². The molecule has 5 rings (SSSR count). The molecule has 4 aromatic carbocycles. The summed E-state index contributed by atoms with van der Waals surface area (Å²) in [6, 6.07) is 32.1. The third kappa shape index (κ3) is 3.66. The van der Waals surface area contributed by atoms with Crippen molar-refractivity contribution in [3.63, 3.8) is 0 Å². The standard InChI is InChI=1S/C30H30O2Si/c1-30(2,3)33(24-10-6-4-7-11-24,25-12-8-5-9-13-25)32-29-19-18-26-27(29)17-16-23-15-14-22(21-31)20-28(23)26/h4-17,20-21,29H,18-19H2,1-3H3/t29-/m0/s1. The van der Waals surface area contributed by atoms with Crippen LogP contribution >= 0.6 is 0 Å². The van der Waals surface area contributed by atoms with E-state index in [2.05, 4.69) is 99.6 Å². The molecule has 0 saturated heterocycles. The number of fused-ring (bicyclic) bond motifs is 3. The second-order valence-electron chi connectivity index (χ2n) is 10.0. The maximum atomic E-state index is 11.4. The number of hydrogen-bond donors (Lipinski definition) is 0. The highest BCUT2D eigenvalue weighted by atomic mass is 28.4. The Morgan fingerprint density at radius 1 is 0.848 bits per heavy atom. The molecule has 0 amide bonds. The van der Waals surface area contributed by atoms with Crippen LogP contribution in [-0.2, 0) is 10.8 Å². The molecular weight excluding hydrogens is 420 g/mol. The topological polar surface area (TPSA) is 26.3 Å². The lowest BCUT2D eigenvalue weighted by molar-refractivity contribution is 0.112. The molecule has 0 saturated carbocycles. The second kappa shape index (κ2) is 8.40. The van der Waals surface area contributed by atoms with Crippen molar-refractivity contribution in [3.05, 3.63) is 108 Å². The normalized spacial score (nSPS) is 16.0. The first kappa shape index (κ1) is 21.8. The number of carbonyl (C=O) groups excluding carboxylic acids is 1. The average molecular weight is 451 g/mol. The second-order valence-corrected chi connectivity index (χ2v) is 14.3. The fourth-order valence-electron chi connectivity index (χ4n) is 5.53. The molecule has 0 bridgehead atoms. The van der Waals surface area contributed by atoms with Crippen LogP contribution < -0.4 is 10.4 Å². The number of benzene rings is 4. The molecule has 0 spiro atoms. The predicted molar refractivity (Wildman–Crippen MR) is 139 cm³/mol. The van der Waals surface area contributed by atoms with Crippen molar-refractivity contribution in [2.75, 3.05) is 0 Å². The molecule has 4 aromatic rings. The summed E-state index contributed by atoms with van der Waals surface area (Å²) in [5.74, 6) is 0. The van der Waals surface area contributed by atoms with Crippen LogP contribution in [0.1, 0.15) is 54.8 Å². The molecule has 1 atom stereocenters. The molecule has 1 aliphatic carbocycles. The molecule has 33 heavy (non-hydrogen) atoms. The van der Waals surface area contributed by atoms with Gasteiger partial charge < -0.3 is 4.43 Å². The van der Waals surface area contributed by atoms with Gasteiger partial charge in [0.2, 0.25) is 0 Å². The summed E-state index contributed by atoms with van der Waals surface area (Å²) in [4.78, 5) is 11.4. The number of aryl methyl sites for hydroxylation is 1. The van der Waals surface area contributed by atoms with E-state index in [1.165, 1.54) is 32.3 Å². The molecule has 0 heterocycles. The highest BCUT2D eigenvalue weighted by molar-refractivity contribution is 6.99. The van der Waals surface area contributed by atoms with E-state index in [9.17, 15) is 4.79 Å². The van der Waals surface area contributed by atoms with Gasteiger partial charge in [0.15, 0.2) is 0 Å². The summed E-state index contributed by atoms with van der Waals surface area (Å²) in [6.45, 7) is 6.98. The molecule has 0 radical (unpaired) electrons. The van der Waals surface area contributed by atoms with Crippen molar-refractivity contribution >= 4 is 35.7 Å². The lowest BCUT2D eigenvalue weighted by Crippen LogP contribution is -2.66. The van der Waals surface area contributed by atoms with Crippen LogP contribution in [0, 0.1) is 0 Å². The van der Waals surface area contributed by atoms with Crippen molar-refractivity contribution in [1.82, 2.24) is 0 Å². The Bertz CT molecular complexity index is 1250. The van der Waals surface area contributed by atoms with Crippen molar-refractivity contribution in [1.29, 1.82) is 0 Å². The van der Waals surface area contributed by atoms with E-state index in [4.69, 9.17) is 4.43 Å². The van der Waals surface area contributed by atoms with Gasteiger partial charge in [-0.1, -0.05) is 106 Å². The first-order valence-corrected chi connectivity index (χ1v) is 13.6. The Morgan fingerprint density at radius 2 is 1.45 bits per heavy atom. The fraction of sp³-hybridized carbons (Fsp3) is 0.233. The van der Waals surface area contributed by atoms with Gasteiger partial charge >= 0.3 is 0 Å². The van der Waals surface area contributed by atoms with Crippen molar-refractivity contribution in [3.8, 4) is 0 Å². The van der Waals surface area contributed by atoms with Gasteiger partial charge in [0, 0.05) is 5.56 Å². The quantitative estimate of drug-likeness (QED) is 0.267. The van der Waals surface area contributed by atoms with Gasteiger partial charge in [0.05, 0.1) is 6.10 Å². The molecular formula is C30H30O2Si. The summed E-state index contributed by atoms with van der Waals surface area (Å²) in [5, 5.41) is 4.93. The first-order chi connectivity index (χ1) is 15.9. The fourth-order valence-corrected chi connectivity index (χ4v) is 10.2. The van der Waals surface area contributed by atoms with E-state index in [-0.39, 0.29) is 11.1 Å². The molecule has 1 aliphatic rings. The van der Waals surface area contributed by atoms with Crippen LogP contribution in [0.15, 0.2) is 91.0 Å². The van der Waals surface area contributed by atoms with E-state index in [1.807, 2.05) is 12.1 Å². The highest BCUT2D eigenvalue weighted by Gasteiger charge is 2.52. The number of hydrogen-bond acceptors (Lipinski definition) is 2. The molecule has 0 aromatic heterocycles. The van der Waals surface area contributed by atoms with Gasteiger partial charge in [-0.05, 0) is 56.2 Å². The average Bonchev–Trinajstić information content (AvgIpc) is 3.25. The molecule has 166 valence electrons. The molecule has 0 unspecified atom stereocenters. The van der Waals surface area contributed by atoms with Gasteiger partial charge in [0.1, 0.15) is 6.29 Å². The monoisotopic (exact) mass is 450 g/mol. The Kier molecular flexibility index (Phi) is 5.55. The minimum absolute atomic E-state index is 0.0376. The maximum absolute atomic E-state index is 11.4. The van der Waals surface area contributed by atoms with Crippen molar-refractivity contribution in [2.45, 2.75) is 44.8 Å². The van der Waals surface area contributed by atoms with E-state index in [1.54, 1.807) is 0 Å². The van der Waals surface area contributed by atoms with Gasteiger partial charge in [-0.15, -0.1) is 0 Å². The van der Waals surface area contributed by atoms with E-state index < -0.39 is 8.32 Å². The SMILES string of the molecule is CC(C)(C)[Si](O[C@H]1CCc2c1ccc1ccc(C=O)cc21)(c1ccccc1)c1ccccc1. The van der Waals surface area contributed by atoms with Gasteiger partial charge in [-0.3, -0.25) is 4.79 Å². The van der Waals surface area contributed by atoms with Gasteiger partial charge in [0.25, 0.3) is 8.32 Å². The minimum atomic E-state index is -2.62. The van der Waals surface area contributed by atoms with Crippen LogP contribution in [0.2, 0.25) is 5.04 Å². The van der Waals surface area contributed by atoms with Crippen LogP contribution in [0.5, 0.6) is 0 Å². The molecule has 0 fully saturated rings. The highest BCUT2D eigenvalue weighted by Crippen LogP contribution is 2.45. The lowest BCUT2D eigenvalue weighted by atomic mass is 9.99. The third-order valence-corrected chi connectivity index (χ3v) is 12.1. The summed E-state index contributed by atoms with van der Waals surface area (Å²) >= 11 is 0. The largest absolute Gasteiger partial charge is 0.400 e. The first-order valence-electron chi connectivity index (χ1n) is 11.7. The van der Waals surface area contributed by atoms with Crippen molar-refractivity contribution < 1.29 is 9.22 Å². The van der Waals surface area contributed by atoms with Crippen LogP contribution in [0.3, 0.4) is 0 Å². The zero-order chi connectivity index (χ0) is 23.1. The molecule has 0 N–H and O–H groups in total. The third-order valence-electron chi connectivity index (χ3n) is 7.07.